The third-order valence-electron chi connectivity index (χ3n) is 3.92. The predicted octanol–water partition coefficient (Wildman–Crippen LogP) is 3.22. The summed E-state index contributed by atoms with van der Waals surface area (Å²) in [5.41, 5.74) is 0.365. The topological polar surface area (TPSA) is 84.0 Å². The molecule has 0 aliphatic heterocycles. The quantitative estimate of drug-likeness (QED) is 0.753. The molecule has 0 atom stereocenters. The maximum absolute atomic E-state index is 13.1. The highest BCUT2D eigenvalue weighted by Gasteiger charge is 2.17. The summed E-state index contributed by atoms with van der Waals surface area (Å²) < 4.78 is 13.1. The van der Waals surface area contributed by atoms with Crippen molar-refractivity contribution in [2.75, 3.05) is 11.1 Å². The molecule has 0 bridgehead atoms. The maximum Gasteiger partial charge on any atom is 0.286 e. The molecule has 0 saturated heterocycles. The van der Waals surface area contributed by atoms with Gasteiger partial charge in [0.15, 0.2) is 0 Å². The molecule has 1 heterocycles. The van der Waals surface area contributed by atoms with E-state index < -0.39 is 11.7 Å². The Morgan fingerprint density at radius 3 is 2.85 bits per heavy atom. The number of hydrogen-bond donors (Lipinski definition) is 2. The fraction of sp³-hybridized carbons (Fsp3) is 0.412. The van der Waals surface area contributed by atoms with Crippen molar-refractivity contribution in [1.29, 1.82) is 0 Å². The molecular formula is C17H19FN4O2S2. The monoisotopic (exact) mass is 394 g/mol. The van der Waals surface area contributed by atoms with Gasteiger partial charge in [0.05, 0.1) is 5.75 Å². The molecule has 0 unspecified atom stereocenters. The molecule has 9 heteroatoms. The molecule has 26 heavy (non-hydrogen) atoms. The van der Waals surface area contributed by atoms with Crippen molar-refractivity contribution in [2.24, 2.45) is 0 Å². The Balaban J connectivity index is 1.43. The lowest BCUT2D eigenvalue weighted by atomic mass is 10.2. The first kappa shape index (κ1) is 18.8. The smallest absolute Gasteiger partial charge is 0.286 e. The number of hydrogen-bond acceptors (Lipinski definition) is 6. The standard InChI is InChI=1S/C17H19FN4O2S2/c18-11-4-3-7-13(8-11)20-16(24)17-22-21-15(26-17)10-25-9-14(23)19-12-5-1-2-6-12/h3-4,7-8,12H,1-2,5-6,9-10H2,(H,19,23)(H,20,24). The van der Waals surface area contributed by atoms with Gasteiger partial charge in [0, 0.05) is 17.5 Å². The molecule has 138 valence electrons. The molecule has 6 nitrogen and oxygen atoms in total. The third-order valence-corrected chi connectivity index (χ3v) is 5.97. The molecular weight excluding hydrogens is 375 g/mol. The molecule has 2 N–H and O–H groups in total. The molecule has 1 aromatic carbocycles. The van der Waals surface area contributed by atoms with Crippen LogP contribution in [0, 0.1) is 5.82 Å². The first-order chi connectivity index (χ1) is 12.6. The third kappa shape index (κ3) is 5.50. The van der Waals surface area contributed by atoms with Crippen molar-refractivity contribution in [1.82, 2.24) is 15.5 Å². The summed E-state index contributed by atoms with van der Waals surface area (Å²) in [4.78, 5) is 24.0. The second kappa shape index (κ2) is 9.09. The van der Waals surface area contributed by atoms with Crippen molar-refractivity contribution in [3.05, 3.63) is 40.1 Å². The van der Waals surface area contributed by atoms with Crippen LogP contribution in [0.3, 0.4) is 0 Å². The first-order valence-electron chi connectivity index (χ1n) is 8.36. The number of nitrogens with one attached hydrogen (secondary N) is 2. The molecule has 2 aromatic rings. The van der Waals surface area contributed by atoms with Crippen molar-refractivity contribution < 1.29 is 14.0 Å². The lowest BCUT2D eigenvalue weighted by molar-refractivity contribution is -0.119. The van der Waals surface area contributed by atoms with Crippen molar-refractivity contribution in [3.8, 4) is 0 Å². The van der Waals surface area contributed by atoms with E-state index in [1.165, 1.54) is 54.1 Å². The van der Waals surface area contributed by atoms with Gasteiger partial charge in [0.25, 0.3) is 5.91 Å². The average molecular weight is 394 g/mol. The molecule has 0 spiro atoms. The Hall–Kier alpha value is -2.00. The Kier molecular flexibility index (Phi) is 6.56. The normalized spacial score (nSPS) is 14.3. The van der Waals surface area contributed by atoms with Crippen LogP contribution in [-0.4, -0.2) is 33.8 Å². The molecule has 2 amide bonds. The van der Waals surface area contributed by atoms with Crippen LogP contribution >= 0.6 is 23.1 Å². The summed E-state index contributed by atoms with van der Waals surface area (Å²) in [5.74, 6) is 0.0658. The first-order valence-corrected chi connectivity index (χ1v) is 10.3. The number of amides is 2. The number of nitrogens with zero attached hydrogens (tertiary/aromatic N) is 2. The zero-order valence-electron chi connectivity index (χ0n) is 14.0. The van der Waals surface area contributed by atoms with Gasteiger partial charge in [-0.2, -0.15) is 0 Å². The molecule has 1 fully saturated rings. The van der Waals surface area contributed by atoms with E-state index in [9.17, 15) is 14.0 Å². The lowest BCUT2D eigenvalue weighted by Gasteiger charge is -2.10. The number of benzene rings is 1. The Bertz CT molecular complexity index is 778. The van der Waals surface area contributed by atoms with E-state index in [2.05, 4.69) is 20.8 Å². The zero-order valence-corrected chi connectivity index (χ0v) is 15.7. The number of carbonyl (C=O) groups is 2. The van der Waals surface area contributed by atoms with E-state index in [1.807, 2.05) is 0 Å². The van der Waals surface area contributed by atoms with Gasteiger partial charge in [0.1, 0.15) is 10.8 Å². The highest BCUT2D eigenvalue weighted by Crippen LogP contribution is 2.20. The Morgan fingerprint density at radius 2 is 2.08 bits per heavy atom. The van der Waals surface area contributed by atoms with Crippen LogP contribution in [0.5, 0.6) is 0 Å². The minimum absolute atomic E-state index is 0.0375. The number of aromatic nitrogens is 2. The Morgan fingerprint density at radius 1 is 1.27 bits per heavy atom. The van der Waals surface area contributed by atoms with Crippen LogP contribution < -0.4 is 10.6 Å². The lowest BCUT2D eigenvalue weighted by Crippen LogP contribution is -2.33. The van der Waals surface area contributed by atoms with Gasteiger partial charge in [-0.05, 0) is 31.0 Å². The fourth-order valence-corrected chi connectivity index (χ4v) is 4.34. The number of anilines is 1. The molecule has 1 aromatic heterocycles. The minimum atomic E-state index is -0.427. The number of thioether (sulfide) groups is 1. The maximum atomic E-state index is 13.1. The summed E-state index contributed by atoms with van der Waals surface area (Å²) in [5, 5.41) is 14.3. The van der Waals surface area contributed by atoms with Crippen LogP contribution in [0.15, 0.2) is 24.3 Å². The van der Waals surface area contributed by atoms with Gasteiger partial charge in [0.2, 0.25) is 10.9 Å². The summed E-state index contributed by atoms with van der Waals surface area (Å²) in [6.45, 7) is 0. The molecule has 1 aliphatic carbocycles. The Labute approximate surface area is 159 Å². The summed E-state index contributed by atoms with van der Waals surface area (Å²) in [6, 6.07) is 5.98. The van der Waals surface area contributed by atoms with Crippen LogP contribution in [-0.2, 0) is 10.5 Å². The van der Waals surface area contributed by atoms with Crippen molar-refractivity contribution in [2.45, 2.75) is 37.5 Å². The van der Waals surface area contributed by atoms with Gasteiger partial charge in [-0.1, -0.05) is 30.2 Å². The number of halogens is 1. The van der Waals surface area contributed by atoms with E-state index in [0.29, 0.717) is 28.2 Å². The van der Waals surface area contributed by atoms with Gasteiger partial charge < -0.3 is 10.6 Å². The largest absolute Gasteiger partial charge is 0.353 e. The molecule has 3 rings (SSSR count). The summed E-state index contributed by atoms with van der Waals surface area (Å²) in [6.07, 6.45) is 4.50. The van der Waals surface area contributed by atoms with Gasteiger partial charge in [-0.15, -0.1) is 22.0 Å². The zero-order chi connectivity index (χ0) is 18.4. The molecule has 0 radical (unpaired) electrons. The van der Waals surface area contributed by atoms with Gasteiger partial charge in [-0.25, -0.2) is 4.39 Å². The van der Waals surface area contributed by atoms with Crippen molar-refractivity contribution in [3.63, 3.8) is 0 Å². The predicted molar refractivity (Wildman–Crippen MR) is 101 cm³/mol. The van der Waals surface area contributed by atoms with E-state index in [0.717, 1.165) is 12.8 Å². The number of rotatable bonds is 7. The second-order valence-electron chi connectivity index (χ2n) is 6.01. The van der Waals surface area contributed by atoms with Gasteiger partial charge in [-0.3, -0.25) is 9.59 Å². The molecule has 1 saturated carbocycles. The van der Waals surface area contributed by atoms with Gasteiger partial charge >= 0.3 is 0 Å². The highest BCUT2D eigenvalue weighted by atomic mass is 32.2. The van der Waals surface area contributed by atoms with E-state index >= 15 is 0 Å². The number of carbonyl (C=O) groups excluding carboxylic acids is 2. The van der Waals surface area contributed by atoms with E-state index in [1.54, 1.807) is 6.07 Å². The van der Waals surface area contributed by atoms with Crippen LogP contribution in [0.2, 0.25) is 0 Å². The van der Waals surface area contributed by atoms with Crippen LogP contribution in [0.1, 0.15) is 40.5 Å². The minimum Gasteiger partial charge on any atom is -0.353 e. The highest BCUT2D eigenvalue weighted by molar-refractivity contribution is 7.99. The summed E-state index contributed by atoms with van der Waals surface area (Å²) >= 11 is 2.61. The average Bonchev–Trinajstić information content (AvgIpc) is 3.27. The second-order valence-corrected chi connectivity index (χ2v) is 8.05. The van der Waals surface area contributed by atoms with Crippen LogP contribution in [0.25, 0.3) is 0 Å². The van der Waals surface area contributed by atoms with Crippen molar-refractivity contribution >= 4 is 40.6 Å². The summed E-state index contributed by atoms with van der Waals surface area (Å²) in [7, 11) is 0. The SMILES string of the molecule is O=C(CSCc1nnc(C(=O)Nc2cccc(F)c2)s1)NC1CCCC1. The fourth-order valence-electron chi connectivity index (χ4n) is 2.73. The van der Waals surface area contributed by atoms with E-state index in [-0.39, 0.29) is 10.9 Å². The van der Waals surface area contributed by atoms with Crippen LogP contribution in [0.4, 0.5) is 10.1 Å². The van der Waals surface area contributed by atoms with E-state index in [4.69, 9.17) is 0 Å². The molecule has 1 aliphatic rings.